The molecule has 0 bridgehead atoms. The molecule has 1 aromatic rings. The molecule has 1 aliphatic heterocycles. The molecule has 19 heavy (non-hydrogen) atoms. The number of ether oxygens (including phenoxy) is 1. The minimum Gasteiger partial charge on any atom is -0.495 e. The van der Waals surface area contributed by atoms with Crippen molar-refractivity contribution in [3.63, 3.8) is 0 Å². The highest BCUT2D eigenvalue weighted by atomic mass is 79.9. The van der Waals surface area contributed by atoms with Gasteiger partial charge in [0.15, 0.2) is 0 Å². The molecule has 104 valence electrons. The summed E-state index contributed by atoms with van der Waals surface area (Å²) in [6.45, 7) is 4.53. The molecule has 1 heterocycles. The normalized spacial score (nSPS) is 23.6. The molecule has 1 saturated carbocycles. The predicted octanol–water partition coefficient (Wildman–Crippen LogP) is 3.41. The largest absolute Gasteiger partial charge is 0.495 e. The van der Waals surface area contributed by atoms with Gasteiger partial charge in [-0.05, 0) is 43.9 Å². The molecule has 2 fully saturated rings. The summed E-state index contributed by atoms with van der Waals surface area (Å²) in [5, 5.41) is 3.68. The molecule has 0 spiro atoms. The highest BCUT2D eigenvalue weighted by Crippen LogP contribution is 2.35. The summed E-state index contributed by atoms with van der Waals surface area (Å²) >= 11 is 3.52. The van der Waals surface area contributed by atoms with Crippen LogP contribution >= 0.6 is 15.9 Å². The lowest BCUT2D eigenvalue weighted by molar-refractivity contribution is 0.326. The lowest BCUT2D eigenvalue weighted by Gasteiger charge is -2.20. The third-order valence-electron chi connectivity index (χ3n) is 4.12. The first kappa shape index (κ1) is 13.3. The molecule has 3 nitrogen and oxygen atoms in total. The molecule has 1 saturated heterocycles. The summed E-state index contributed by atoms with van der Waals surface area (Å²) in [5.41, 5.74) is 2.38. The highest BCUT2D eigenvalue weighted by Gasteiger charge is 2.34. The van der Waals surface area contributed by atoms with Crippen LogP contribution in [0.2, 0.25) is 0 Å². The molecule has 2 aliphatic rings. The van der Waals surface area contributed by atoms with E-state index in [2.05, 4.69) is 39.1 Å². The standard InChI is InChI=1S/C15H21BrN2O/c1-10-7-11(16)8-14(19-2)15(10)17-12-5-6-18(9-12)13-3-4-13/h7-8,12-13,17H,3-6,9H2,1-2H3. The Balaban J connectivity index is 1.72. The maximum Gasteiger partial charge on any atom is 0.143 e. The van der Waals surface area contributed by atoms with Gasteiger partial charge < -0.3 is 10.1 Å². The molecule has 1 atom stereocenters. The third-order valence-corrected chi connectivity index (χ3v) is 4.57. The van der Waals surface area contributed by atoms with Gasteiger partial charge in [-0.3, -0.25) is 4.90 Å². The molecule has 0 aromatic heterocycles. The zero-order valence-corrected chi connectivity index (χ0v) is 13.2. The van der Waals surface area contributed by atoms with E-state index < -0.39 is 0 Å². The first-order valence-corrected chi connectivity index (χ1v) is 7.81. The van der Waals surface area contributed by atoms with Crippen molar-refractivity contribution < 1.29 is 4.74 Å². The van der Waals surface area contributed by atoms with Crippen molar-refractivity contribution in [3.8, 4) is 5.75 Å². The number of hydrogen-bond donors (Lipinski definition) is 1. The van der Waals surface area contributed by atoms with E-state index in [0.717, 1.165) is 22.0 Å². The molecule has 3 rings (SSSR count). The minimum absolute atomic E-state index is 0.550. The van der Waals surface area contributed by atoms with E-state index in [0.29, 0.717) is 6.04 Å². The second-order valence-electron chi connectivity index (χ2n) is 5.66. The smallest absolute Gasteiger partial charge is 0.143 e. The highest BCUT2D eigenvalue weighted by molar-refractivity contribution is 9.10. The van der Waals surface area contributed by atoms with Gasteiger partial charge in [-0.15, -0.1) is 0 Å². The van der Waals surface area contributed by atoms with Crippen LogP contribution in [-0.4, -0.2) is 37.2 Å². The Bertz CT molecular complexity index is 473. The minimum atomic E-state index is 0.550. The summed E-state index contributed by atoms with van der Waals surface area (Å²) in [6.07, 6.45) is 4.02. The van der Waals surface area contributed by atoms with Crippen LogP contribution in [0.5, 0.6) is 5.75 Å². The maximum atomic E-state index is 5.50. The molecule has 0 radical (unpaired) electrons. The van der Waals surface area contributed by atoms with Crippen LogP contribution in [0.25, 0.3) is 0 Å². The van der Waals surface area contributed by atoms with E-state index in [1.165, 1.54) is 37.9 Å². The maximum absolute atomic E-state index is 5.50. The van der Waals surface area contributed by atoms with Crippen molar-refractivity contribution >= 4 is 21.6 Å². The Kier molecular flexibility index (Phi) is 3.72. The fraction of sp³-hybridized carbons (Fsp3) is 0.600. The Hall–Kier alpha value is -0.740. The number of anilines is 1. The second-order valence-corrected chi connectivity index (χ2v) is 6.57. The summed E-state index contributed by atoms with van der Waals surface area (Å²) in [6, 6.07) is 5.59. The number of methoxy groups -OCH3 is 1. The molecule has 1 unspecified atom stereocenters. The van der Waals surface area contributed by atoms with Crippen LogP contribution in [0.3, 0.4) is 0 Å². The number of nitrogens with one attached hydrogen (secondary N) is 1. The number of aryl methyl sites for hydroxylation is 1. The van der Waals surface area contributed by atoms with Crippen LogP contribution in [-0.2, 0) is 0 Å². The van der Waals surface area contributed by atoms with Gasteiger partial charge >= 0.3 is 0 Å². The van der Waals surface area contributed by atoms with Crippen LogP contribution in [0.4, 0.5) is 5.69 Å². The summed E-state index contributed by atoms with van der Waals surface area (Å²) in [5.74, 6) is 0.928. The number of benzene rings is 1. The monoisotopic (exact) mass is 324 g/mol. The molecular formula is C15H21BrN2O. The van der Waals surface area contributed by atoms with E-state index >= 15 is 0 Å². The van der Waals surface area contributed by atoms with Crippen LogP contribution in [0, 0.1) is 6.92 Å². The average molecular weight is 325 g/mol. The number of rotatable bonds is 4. The Morgan fingerprint density at radius 1 is 1.32 bits per heavy atom. The lowest BCUT2D eigenvalue weighted by atomic mass is 10.1. The molecule has 1 aliphatic carbocycles. The van der Waals surface area contributed by atoms with E-state index in [1.54, 1.807) is 7.11 Å². The zero-order valence-electron chi connectivity index (χ0n) is 11.6. The fourth-order valence-electron chi connectivity index (χ4n) is 2.94. The van der Waals surface area contributed by atoms with E-state index in [1.807, 2.05) is 6.07 Å². The molecule has 0 amide bonds. The van der Waals surface area contributed by atoms with Crippen molar-refractivity contribution in [2.75, 3.05) is 25.5 Å². The Morgan fingerprint density at radius 2 is 2.11 bits per heavy atom. The van der Waals surface area contributed by atoms with E-state index in [9.17, 15) is 0 Å². The molecule has 4 heteroatoms. The van der Waals surface area contributed by atoms with Crippen molar-refractivity contribution in [2.45, 2.75) is 38.3 Å². The van der Waals surface area contributed by atoms with Gasteiger partial charge in [0, 0.05) is 29.6 Å². The van der Waals surface area contributed by atoms with Crippen molar-refractivity contribution in [2.24, 2.45) is 0 Å². The van der Waals surface area contributed by atoms with Crippen molar-refractivity contribution in [3.05, 3.63) is 22.2 Å². The summed E-state index contributed by atoms with van der Waals surface area (Å²) in [7, 11) is 1.73. The first-order chi connectivity index (χ1) is 9.17. The Labute approximate surface area is 123 Å². The van der Waals surface area contributed by atoms with Gasteiger partial charge in [0.1, 0.15) is 5.75 Å². The number of halogens is 1. The number of likely N-dealkylation sites (tertiary alicyclic amines) is 1. The Morgan fingerprint density at radius 3 is 2.79 bits per heavy atom. The third kappa shape index (κ3) is 2.90. The molecular weight excluding hydrogens is 304 g/mol. The summed E-state index contributed by atoms with van der Waals surface area (Å²) in [4.78, 5) is 2.62. The predicted molar refractivity (Wildman–Crippen MR) is 82.1 cm³/mol. The van der Waals surface area contributed by atoms with Gasteiger partial charge in [-0.1, -0.05) is 15.9 Å². The van der Waals surface area contributed by atoms with Crippen LogP contribution < -0.4 is 10.1 Å². The zero-order chi connectivity index (χ0) is 13.4. The van der Waals surface area contributed by atoms with Gasteiger partial charge in [-0.2, -0.15) is 0 Å². The van der Waals surface area contributed by atoms with E-state index in [4.69, 9.17) is 4.74 Å². The van der Waals surface area contributed by atoms with Crippen LogP contribution in [0.15, 0.2) is 16.6 Å². The lowest BCUT2D eigenvalue weighted by Crippen LogP contribution is -2.28. The van der Waals surface area contributed by atoms with Crippen LogP contribution in [0.1, 0.15) is 24.8 Å². The first-order valence-electron chi connectivity index (χ1n) is 7.02. The second kappa shape index (κ2) is 5.33. The van der Waals surface area contributed by atoms with Crippen molar-refractivity contribution in [1.82, 2.24) is 4.90 Å². The molecule has 1 aromatic carbocycles. The quantitative estimate of drug-likeness (QED) is 0.918. The fourth-order valence-corrected chi connectivity index (χ4v) is 3.49. The van der Waals surface area contributed by atoms with Gasteiger partial charge in [0.25, 0.3) is 0 Å². The average Bonchev–Trinajstić information content (AvgIpc) is 3.13. The topological polar surface area (TPSA) is 24.5 Å². The van der Waals surface area contributed by atoms with E-state index in [-0.39, 0.29) is 0 Å². The van der Waals surface area contributed by atoms with Gasteiger partial charge in [0.05, 0.1) is 12.8 Å². The van der Waals surface area contributed by atoms with Gasteiger partial charge in [0.2, 0.25) is 0 Å². The number of nitrogens with zero attached hydrogens (tertiary/aromatic N) is 1. The van der Waals surface area contributed by atoms with Gasteiger partial charge in [-0.25, -0.2) is 0 Å². The number of hydrogen-bond acceptors (Lipinski definition) is 3. The molecule has 1 N–H and O–H groups in total. The summed E-state index contributed by atoms with van der Waals surface area (Å²) < 4.78 is 6.57. The SMILES string of the molecule is COc1cc(Br)cc(C)c1NC1CCN(C2CC2)C1. The van der Waals surface area contributed by atoms with Crippen molar-refractivity contribution in [1.29, 1.82) is 0 Å².